The van der Waals surface area contributed by atoms with Crippen molar-refractivity contribution in [1.29, 1.82) is 0 Å². The van der Waals surface area contributed by atoms with Crippen LogP contribution >= 0.6 is 0 Å². The van der Waals surface area contributed by atoms with Crippen LogP contribution in [0.3, 0.4) is 0 Å². The molecule has 1 aliphatic carbocycles. The van der Waals surface area contributed by atoms with Crippen molar-refractivity contribution in [3.8, 4) is 5.75 Å². The van der Waals surface area contributed by atoms with Crippen molar-refractivity contribution in [2.24, 2.45) is 11.8 Å². The minimum atomic E-state index is -3.63. The molecule has 3 atom stereocenters. The first-order valence-corrected chi connectivity index (χ1v) is 10.8. The van der Waals surface area contributed by atoms with Gasteiger partial charge in [0.05, 0.1) is 11.5 Å². The van der Waals surface area contributed by atoms with E-state index in [9.17, 15) is 13.2 Å². The van der Waals surface area contributed by atoms with E-state index in [1.165, 1.54) is 18.6 Å². The van der Waals surface area contributed by atoms with Crippen LogP contribution < -0.4 is 14.8 Å². The molecule has 0 heterocycles. The predicted octanol–water partition coefficient (Wildman–Crippen LogP) is 2.69. The van der Waals surface area contributed by atoms with Gasteiger partial charge in [0.25, 0.3) is 0 Å². The number of benzene rings is 1. The summed E-state index contributed by atoms with van der Waals surface area (Å²) >= 11 is 0. The van der Waals surface area contributed by atoms with E-state index in [1.807, 2.05) is 6.92 Å². The molecule has 1 saturated carbocycles. The molecule has 1 fully saturated rings. The average molecular weight is 383 g/mol. The zero-order chi connectivity index (χ0) is 19.2. The van der Waals surface area contributed by atoms with Crippen LogP contribution in [0.5, 0.6) is 5.75 Å². The van der Waals surface area contributed by atoms with Gasteiger partial charge in [-0.15, -0.1) is 0 Å². The van der Waals surface area contributed by atoms with E-state index >= 15 is 0 Å². The van der Waals surface area contributed by atoms with Gasteiger partial charge in [0.2, 0.25) is 15.9 Å². The summed E-state index contributed by atoms with van der Waals surface area (Å²) < 4.78 is 32.4. The van der Waals surface area contributed by atoms with E-state index < -0.39 is 10.0 Å². The summed E-state index contributed by atoms with van der Waals surface area (Å²) in [6.07, 6.45) is 3.46. The Kier molecular flexibility index (Phi) is 7.46. The van der Waals surface area contributed by atoms with Crippen molar-refractivity contribution in [2.75, 3.05) is 13.2 Å². The molecule has 146 valence electrons. The standard InChI is InChI=1S/C19H30N2O4S/c1-4-25-16-8-10-17(11-9-16)26(23,24)20-13-12-19(22)21-18-7-5-6-14(2)15(18)3/h8-11,14-15,18,20H,4-7,12-13H2,1-3H3,(H,21,22). The van der Waals surface area contributed by atoms with Crippen molar-refractivity contribution in [2.45, 2.75) is 57.4 Å². The van der Waals surface area contributed by atoms with Crippen molar-refractivity contribution >= 4 is 15.9 Å². The Morgan fingerprint density at radius 3 is 2.54 bits per heavy atom. The SMILES string of the molecule is CCOc1ccc(S(=O)(=O)NCCC(=O)NC2CCCC(C)C2C)cc1. The second-order valence-electron chi connectivity index (χ2n) is 6.99. The number of carbonyl (C=O) groups is 1. The van der Waals surface area contributed by atoms with Crippen molar-refractivity contribution in [3.05, 3.63) is 24.3 Å². The molecule has 0 radical (unpaired) electrons. The van der Waals surface area contributed by atoms with Crippen LogP contribution in [0, 0.1) is 11.8 Å². The summed E-state index contributed by atoms with van der Waals surface area (Å²) in [5.74, 6) is 1.58. The maximum atomic E-state index is 12.3. The van der Waals surface area contributed by atoms with Crippen LogP contribution in [0.2, 0.25) is 0 Å². The lowest BCUT2D eigenvalue weighted by molar-refractivity contribution is -0.122. The number of ether oxygens (including phenoxy) is 1. The van der Waals surface area contributed by atoms with E-state index in [4.69, 9.17) is 4.74 Å². The summed E-state index contributed by atoms with van der Waals surface area (Å²) in [5.41, 5.74) is 0. The van der Waals surface area contributed by atoms with E-state index in [0.717, 1.165) is 12.8 Å². The average Bonchev–Trinajstić information content (AvgIpc) is 2.59. The molecule has 3 unspecified atom stereocenters. The topological polar surface area (TPSA) is 84.5 Å². The van der Waals surface area contributed by atoms with Gasteiger partial charge in [0.15, 0.2) is 0 Å². The first-order chi connectivity index (χ1) is 12.3. The number of amides is 1. The van der Waals surface area contributed by atoms with Crippen molar-refractivity contribution in [3.63, 3.8) is 0 Å². The number of rotatable bonds is 8. The summed E-state index contributed by atoms with van der Waals surface area (Å²) in [6.45, 7) is 6.86. The number of hydrogen-bond donors (Lipinski definition) is 2. The van der Waals surface area contributed by atoms with Crippen LogP contribution in [-0.4, -0.2) is 33.5 Å². The molecular weight excluding hydrogens is 352 g/mol. The Bertz CT molecular complexity index is 688. The third-order valence-corrected chi connectivity index (χ3v) is 6.62. The quantitative estimate of drug-likeness (QED) is 0.724. The molecule has 1 aromatic rings. The number of carbonyl (C=O) groups excluding carboxylic acids is 1. The van der Waals surface area contributed by atoms with Crippen LogP contribution in [-0.2, 0) is 14.8 Å². The van der Waals surface area contributed by atoms with E-state index in [0.29, 0.717) is 24.2 Å². The third-order valence-electron chi connectivity index (χ3n) is 5.14. The Hall–Kier alpha value is -1.60. The third kappa shape index (κ3) is 5.71. The highest BCUT2D eigenvalue weighted by atomic mass is 32.2. The highest BCUT2D eigenvalue weighted by molar-refractivity contribution is 7.89. The number of nitrogens with one attached hydrogen (secondary N) is 2. The maximum Gasteiger partial charge on any atom is 0.240 e. The second-order valence-corrected chi connectivity index (χ2v) is 8.76. The van der Waals surface area contributed by atoms with Gasteiger partial charge >= 0.3 is 0 Å². The van der Waals surface area contributed by atoms with Gasteiger partial charge in [-0.1, -0.05) is 26.7 Å². The van der Waals surface area contributed by atoms with Gasteiger partial charge in [-0.3, -0.25) is 4.79 Å². The lowest BCUT2D eigenvalue weighted by atomic mass is 9.78. The summed E-state index contributed by atoms with van der Waals surface area (Å²) in [6, 6.07) is 6.43. The highest BCUT2D eigenvalue weighted by Gasteiger charge is 2.28. The van der Waals surface area contributed by atoms with Crippen LogP contribution in [0.15, 0.2) is 29.2 Å². The fraction of sp³-hybridized carbons (Fsp3) is 0.632. The summed E-state index contributed by atoms with van der Waals surface area (Å²) in [5, 5.41) is 3.06. The number of sulfonamides is 1. The van der Waals surface area contributed by atoms with Gasteiger partial charge in [0.1, 0.15) is 5.75 Å². The van der Waals surface area contributed by atoms with Crippen LogP contribution in [0.4, 0.5) is 0 Å². The first-order valence-electron chi connectivity index (χ1n) is 9.35. The van der Waals surface area contributed by atoms with E-state index in [1.54, 1.807) is 12.1 Å². The predicted molar refractivity (Wildman–Crippen MR) is 102 cm³/mol. The van der Waals surface area contributed by atoms with Gasteiger partial charge in [-0.25, -0.2) is 13.1 Å². The molecule has 0 spiro atoms. The minimum absolute atomic E-state index is 0.0814. The molecule has 1 amide bonds. The van der Waals surface area contributed by atoms with Crippen LogP contribution in [0.25, 0.3) is 0 Å². The molecule has 0 aromatic heterocycles. The molecular formula is C19H30N2O4S. The fourth-order valence-corrected chi connectivity index (χ4v) is 4.36. The van der Waals surface area contributed by atoms with E-state index in [-0.39, 0.29) is 29.8 Å². The lowest BCUT2D eigenvalue weighted by Gasteiger charge is -2.34. The highest BCUT2D eigenvalue weighted by Crippen LogP contribution is 2.29. The lowest BCUT2D eigenvalue weighted by Crippen LogP contribution is -2.44. The molecule has 1 aliphatic rings. The van der Waals surface area contributed by atoms with Gasteiger partial charge in [0, 0.05) is 19.0 Å². The van der Waals surface area contributed by atoms with Crippen LogP contribution in [0.1, 0.15) is 46.5 Å². The van der Waals surface area contributed by atoms with Gasteiger partial charge < -0.3 is 10.1 Å². The molecule has 26 heavy (non-hydrogen) atoms. The van der Waals surface area contributed by atoms with Crippen molar-refractivity contribution in [1.82, 2.24) is 10.0 Å². The maximum absolute atomic E-state index is 12.3. The molecule has 6 nitrogen and oxygen atoms in total. The second kappa shape index (κ2) is 9.37. The summed E-state index contributed by atoms with van der Waals surface area (Å²) in [7, 11) is -3.63. The zero-order valence-electron chi connectivity index (χ0n) is 15.8. The molecule has 0 aliphatic heterocycles. The van der Waals surface area contributed by atoms with Gasteiger partial charge in [-0.2, -0.15) is 0 Å². The molecule has 0 saturated heterocycles. The van der Waals surface area contributed by atoms with Gasteiger partial charge in [-0.05, 0) is 49.4 Å². The van der Waals surface area contributed by atoms with Crippen molar-refractivity contribution < 1.29 is 17.9 Å². The number of hydrogen-bond acceptors (Lipinski definition) is 4. The Morgan fingerprint density at radius 1 is 1.19 bits per heavy atom. The molecule has 1 aromatic carbocycles. The summed E-state index contributed by atoms with van der Waals surface area (Å²) in [4.78, 5) is 12.3. The molecule has 0 bridgehead atoms. The molecule has 2 N–H and O–H groups in total. The minimum Gasteiger partial charge on any atom is -0.494 e. The Labute approximate surface area is 156 Å². The first kappa shape index (κ1) is 20.7. The normalized spacial score (nSPS) is 23.4. The Morgan fingerprint density at radius 2 is 1.88 bits per heavy atom. The molecule has 7 heteroatoms. The Balaban J connectivity index is 1.81. The smallest absolute Gasteiger partial charge is 0.240 e. The fourth-order valence-electron chi connectivity index (χ4n) is 3.33. The largest absolute Gasteiger partial charge is 0.494 e. The monoisotopic (exact) mass is 382 g/mol. The van der Waals surface area contributed by atoms with E-state index in [2.05, 4.69) is 23.9 Å². The molecule has 2 rings (SSSR count). The zero-order valence-corrected chi connectivity index (χ0v) is 16.6.